The van der Waals surface area contributed by atoms with Gasteiger partial charge in [0.05, 0.1) is 11.8 Å². The Balaban J connectivity index is 2.14. The highest BCUT2D eigenvalue weighted by Gasteiger charge is 2.09. The summed E-state index contributed by atoms with van der Waals surface area (Å²) in [5.41, 5.74) is 2.79. The van der Waals surface area contributed by atoms with E-state index in [0.717, 1.165) is 16.8 Å². The Morgan fingerprint density at radius 1 is 1.28 bits per heavy atom. The molecule has 3 heteroatoms. The fraction of sp³-hybridized carbons (Fsp3) is 0.267. The number of rotatable bonds is 4. The topological polar surface area (TPSA) is 42.4 Å². The van der Waals surface area contributed by atoms with E-state index in [1.54, 1.807) is 13.1 Å². The van der Waals surface area contributed by atoms with E-state index in [0.29, 0.717) is 12.4 Å². The zero-order chi connectivity index (χ0) is 13.0. The van der Waals surface area contributed by atoms with Gasteiger partial charge in [0.15, 0.2) is 0 Å². The second-order valence-corrected chi connectivity index (χ2v) is 4.33. The van der Waals surface area contributed by atoms with Crippen molar-refractivity contribution in [2.75, 3.05) is 0 Å². The van der Waals surface area contributed by atoms with Crippen molar-refractivity contribution in [3.05, 3.63) is 59.4 Å². The summed E-state index contributed by atoms with van der Waals surface area (Å²) in [7, 11) is 0. The van der Waals surface area contributed by atoms with Gasteiger partial charge in [-0.1, -0.05) is 17.7 Å². The van der Waals surface area contributed by atoms with Crippen LogP contribution in [0.15, 0.2) is 42.6 Å². The predicted octanol–water partition coefficient (Wildman–Crippen LogP) is 3.02. The number of nitrogens with zero attached hydrogens (tertiary/aromatic N) is 1. The largest absolute Gasteiger partial charge is 0.487 e. The molecule has 0 spiro atoms. The van der Waals surface area contributed by atoms with Crippen LogP contribution in [0.5, 0.6) is 5.75 Å². The Kier molecular flexibility index (Phi) is 3.95. The van der Waals surface area contributed by atoms with Crippen molar-refractivity contribution >= 4 is 0 Å². The second kappa shape index (κ2) is 5.65. The summed E-state index contributed by atoms with van der Waals surface area (Å²) in [5, 5.41) is 9.73. The molecule has 0 radical (unpaired) electrons. The lowest BCUT2D eigenvalue weighted by Crippen LogP contribution is -2.02. The van der Waals surface area contributed by atoms with Gasteiger partial charge in [-0.25, -0.2) is 0 Å². The van der Waals surface area contributed by atoms with Crippen LogP contribution in [0.1, 0.15) is 29.8 Å². The van der Waals surface area contributed by atoms with Crippen molar-refractivity contribution in [2.45, 2.75) is 26.6 Å². The minimum atomic E-state index is -0.538. The molecule has 0 saturated heterocycles. The Bertz CT molecular complexity index is 509. The lowest BCUT2D eigenvalue weighted by molar-refractivity contribution is 0.189. The molecule has 2 rings (SSSR count). The third-order valence-electron chi connectivity index (χ3n) is 2.72. The van der Waals surface area contributed by atoms with Crippen molar-refractivity contribution in [1.82, 2.24) is 4.98 Å². The summed E-state index contributed by atoms with van der Waals surface area (Å²) in [4.78, 5) is 4.20. The molecule has 0 saturated carbocycles. The van der Waals surface area contributed by atoms with Crippen molar-refractivity contribution in [3.63, 3.8) is 0 Å². The van der Waals surface area contributed by atoms with Crippen molar-refractivity contribution in [2.24, 2.45) is 0 Å². The van der Waals surface area contributed by atoms with Gasteiger partial charge >= 0.3 is 0 Å². The molecule has 0 unspecified atom stereocenters. The molecule has 0 fully saturated rings. The Hall–Kier alpha value is -1.87. The van der Waals surface area contributed by atoms with Crippen LogP contribution in [-0.2, 0) is 6.61 Å². The first-order valence-electron chi connectivity index (χ1n) is 5.98. The van der Waals surface area contributed by atoms with Gasteiger partial charge in [0.1, 0.15) is 12.4 Å². The molecular weight excluding hydrogens is 226 g/mol. The quantitative estimate of drug-likeness (QED) is 0.897. The molecule has 0 bridgehead atoms. The molecule has 1 aromatic heterocycles. The lowest BCUT2D eigenvalue weighted by atomic mass is 10.1. The number of pyridine rings is 1. The van der Waals surface area contributed by atoms with Gasteiger partial charge in [0, 0.05) is 11.8 Å². The fourth-order valence-electron chi connectivity index (χ4n) is 1.76. The minimum Gasteiger partial charge on any atom is -0.487 e. The van der Waals surface area contributed by atoms with E-state index >= 15 is 0 Å². The minimum absolute atomic E-state index is 0.406. The van der Waals surface area contributed by atoms with Gasteiger partial charge in [-0.05, 0) is 38.1 Å². The lowest BCUT2D eigenvalue weighted by Gasteiger charge is -2.14. The summed E-state index contributed by atoms with van der Waals surface area (Å²) in [6.45, 7) is 4.14. The first-order chi connectivity index (χ1) is 8.66. The zero-order valence-corrected chi connectivity index (χ0v) is 10.6. The first kappa shape index (κ1) is 12.6. The van der Waals surface area contributed by atoms with Crippen molar-refractivity contribution < 1.29 is 9.84 Å². The molecule has 0 aliphatic heterocycles. The number of benzene rings is 1. The second-order valence-electron chi connectivity index (χ2n) is 4.33. The maximum Gasteiger partial charge on any atom is 0.130 e. The summed E-state index contributed by atoms with van der Waals surface area (Å²) >= 11 is 0. The third-order valence-corrected chi connectivity index (χ3v) is 2.72. The van der Waals surface area contributed by atoms with E-state index in [9.17, 15) is 5.11 Å². The number of hydrogen-bond acceptors (Lipinski definition) is 3. The van der Waals surface area contributed by atoms with Crippen LogP contribution < -0.4 is 4.74 Å². The normalized spacial score (nSPS) is 12.2. The fourth-order valence-corrected chi connectivity index (χ4v) is 1.76. The predicted molar refractivity (Wildman–Crippen MR) is 70.4 cm³/mol. The molecule has 1 aromatic carbocycles. The highest BCUT2D eigenvalue weighted by Crippen LogP contribution is 2.26. The molecular formula is C15H17NO2. The van der Waals surface area contributed by atoms with Crippen LogP contribution in [0.3, 0.4) is 0 Å². The van der Waals surface area contributed by atoms with E-state index in [1.807, 2.05) is 43.3 Å². The Labute approximate surface area is 107 Å². The van der Waals surface area contributed by atoms with Crippen LogP contribution in [-0.4, -0.2) is 10.1 Å². The Morgan fingerprint density at radius 3 is 2.78 bits per heavy atom. The van der Waals surface area contributed by atoms with Gasteiger partial charge < -0.3 is 9.84 Å². The van der Waals surface area contributed by atoms with Crippen molar-refractivity contribution in [3.8, 4) is 5.75 Å². The highest BCUT2D eigenvalue weighted by molar-refractivity contribution is 5.38. The monoisotopic (exact) mass is 243 g/mol. The van der Waals surface area contributed by atoms with E-state index in [-0.39, 0.29) is 0 Å². The zero-order valence-electron chi connectivity index (χ0n) is 10.6. The van der Waals surface area contributed by atoms with E-state index in [4.69, 9.17) is 4.74 Å². The molecule has 1 N–H and O–H groups in total. The standard InChI is InChI=1S/C15H17NO2/c1-11-6-7-15(14(9-11)12(2)17)18-10-13-5-3-4-8-16-13/h3-9,12,17H,10H2,1-2H3/t12-/m0/s1. The number of aliphatic hydroxyl groups excluding tert-OH is 1. The number of ether oxygens (including phenoxy) is 1. The molecule has 1 atom stereocenters. The van der Waals surface area contributed by atoms with Crippen LogP contribution in [0.25, 0.3) is 0 Å². The molecule has 0 amide bonds. The molecule has 0 aliphatic rings. The smallest absolute Gasteiger partial charge is 0.130 e. The summed E-state index contributed by atoms with van der Waals surface area (Å²) in [5.74, 6) is 0.709. The Morgan fingerprint density at radius 2 is 2.11 bits per heavy atom. The molecule has 94 valence electrons. The maximum atomic E-state index is 9.73. The van der Waals surface area contributed by atoms with E-state index in [1.165, 1.54) is 0 Å². The summed E-state index contributed by atoms with van der Waals surface area (Å²) < 4.78 is 5.72. The summed E-state index contributed by atoms with van der Waals surface area (Å²) in [6.07, 6.45) is 1.20. The van der Waals surface area contributed by atoms with E-state index < -0.39 is 6.10 Å². The molecule has 1 heterocycles. The van der Waals surface area contributed by atoms with Crippen LogP contribution in [0, 0.1) is 6.92 Å². The molecule has 3 nitrogen and oxygen atoms in total. The summed E-state index contributed by atoms with van der Waals surface area (Å²) in [6, 6.07) is 11.5. The van der Waals surface area contributed by atoms with Crippen LogP contribution >= 0.6 is 0 Å². The number of aryl methyl sites for hydroxylation is 1. The van der Waals surface area contributed by atoms with Gasteiger partial charge in [0.25, 0.3) is 0 Å². The van der Waals surface area contributed by atoms with Gasteiger partial charge in [0.2, 0.25) is 0 Å². The van der Waals surface area contributed by atoms with Crippen molar-refractivity contribution in [1.29, 1.82) is 0 Å². The van der Waals surface area contributed by atoms with Gasteiger partial charge in [-0.3, -0.25) is 4.98 Å². The average Bonchev–Trinajstić information content (AvgIpc) is 2.38. The molecule has 2 aromatic rings. The third kappa shape index (κ3) is 3.08. The molecule has 0 aliphatic carbocycles. The average molecular weight is 243 g/mol. The first-order valence-corrected chi connectivity index (χ1v) is 5.98. The van der Waals surface area contributed by atoms with Gasteiger partial charge in [-0.2, -0.15) is 0 Å². The van der Waals surface area contributed by atoms with Gasteiger partial charge in [-0.15, -0.1) is 0 Å². The van der Waals surface area contributed by atoms with Crippen LogP contribution in [0.2, 0.25) is 0 Å². The SMILES string of the molecule is Cc1ccc(OCc2ccccn2)c([C@H](C)O)c1. The van der Waals surface area contributed by atoms with Crippen LogP contribution in [0.4, 0.5) is 0 Å². The number of aliphatic hydroxyl groups is 1. The maximum absolute atomic E-state index is 9.73. The highest BCUT2D eigenvalue weighted by atomic mass is 16.5. The number of hydrogen-bond donors (Lipinski definition) is 1. The van der Waals surface area contributed by atoms with E-state index in [2.05, 4.69) is 4.98 Å². The molecule has 18 heavy (non-hydrogen) atoms. The number of aromatic nitrogens is 1.